The van der Waals surface area contributed by atoms with Gasteiger partial charge in [-0.15, -0.1) is 10.2 Å². The van der Waals surface area contributed by atoms with Gasteiger partial charge in [0, 0.05) is 24.3 Å². The maximum atomic E-state index is 12.9. The van der Waals surface area contributed by atoms with Crippen LogP contribution in [0, 0.1) is 18.7 Å². The van der Waals surface area contributed by atoms with E-state index in [1.54, 1.807) is 4.90 Å². The van der Waals surface area contributed by atoms with Crippen LogP contribution in [0.1, 0.15) is 12.0 Å². The van der Waals surface area contributed by atoms with Crippen molar-refractivity contribution in [1.82, 2.24) is 10.2 Å². The summed E-state index contributed by atoms with van der Waals surface area (Å²) < 4.78 is 13.5. The summed E-state index contributed by atoms with van der Waals surface area (Å²) in [6, 6.07) is 13.1. The number of amides is 3. The summed E-state index contributed by atoms with van der Waals surface area (Å²) in [5.41, 5.74) is 2.37. The van der Waals surface area contributed by atoms with Gasteiger partial charge in [0.25, 0.3) is 0 Å². The van der Waals surface area contributed by atoms with Crippen molar-refractivity contribution in [3.8, 4) is 0 Å². The zero-order valence-corrected chi connectivity index (χ0v) is 19.2. The number of carbonyl (C=O) groups is 3. The minimum Gasteiger partial charge on any atom is -0.325 e. The van der Waals surface area contributed by atoms with Gasteiger partial charge in [0.1, 0.15) is 5.82 Å². The molecule has 1 aromatic heterocycles. The van der Waals surface area contributed by atoms with Gasteiger partial charge < -0.3 is 15.5 Å². The number of carbonyl (C=O) groups excluding carboxylic acids is 3. The summed E-state index contributed by atoms with van der Waals surface area (Å²) in [5.74, 6) is -1.44. The molecule has 1 aliphatic rings. The van der Waals surface area contributed by atoms with Crippen LogP contribution in [0.4, 0.5) is 20.9 Å². The van der Waals surface area contributed by atoms with Gasteiger partial charge in [-0.1, -0.05) is 40.8 Å². The summed E-state index contributed by atoms with van der Waals surface area (Å²) in [5, 5.41) is 13.6. The quantitative estimate of drug-likeness (QED) is 0.391. The van der Waals surface area contributed by atoms with Gasteiger partial charge >= 0.3 is 0 Å². The van der Waals surface area contributed by atoms with E-state index in [1.165, 1.54) is 36.0 Å². The Morgan fingerprint density at radius 3 is 2.58 bits per heavy atom. The molecule has 1 fully saturated rings. The molecule has 170 valence electrons. The fourth-order valence-electron chi connectivity index (χ4n) is 3.24. The fourth-order valence-corrected chi connectivity index (χ4v) is 4.80. The second-order valence-corrected chi connectivity index (χ2v) is 9.65. The smallest absolute Gasteiger partial charge is 0.234 e. The first-order chi connectivity index (χ1) is 15.9. The van der Waals surface area contributed by atoms with Crippen molar-refractivity contribution in [2.75, 3.05) is 27.8 Å². The minimum atomic E-state index is -0.486. The Kier molecular flexibility index (Phi) is 6.99. The zero-order valence-electron chi connectivity index (χ0n) is 17.6. The molecule has 2 heterocycles. The predicted molar refractivity (Wildman–Crippen MR) is 126 cm³/mol. The normalized spacial score (nSPS) is 15.5. The highest BCUT2D eigenvalue weighted by atomic mass is 32.2. The van der Waals surface area contributed by atoms with Gasteiger partial charge in [-0.05, 0) is 43.3 Å². The Labute approximate surface area is 197 Å². The lowest BCUT2D eigenvalue weighted by Crippen LogP contribution is -2.28. The van der Waals surface area contributed by atoms with Crippen LogP contribution in [0.15, 0.2) is 52.9 Å². The molecule has 3 aromatic rings. The number of rotatable bonds is 7. The minimum absolute atomic E-state index is 0.0859. The Hall–Kier alpha value is -3.31. The molecular weight excluding hydrogens is 465 g/mol. The highest BCUT2D eigenvalue weighted by Crippen LogP contribution is 2.29. The van der Waals surface area contributed by atoms with Crippen LogP contribution in [0.3, 0.4) is 0 Å². The fraction of sp³-hybridized carbons (Fsp3) is 0.227. The molecule has 0 aliphatic carbocycles. The van der Waals surface area contributed by atoms with Crippen LogP contribution in [0.5, 0.6) is 0 Å². The number of benzene rings is 2. The number of thioether (sulfide) groups is 1. The SMILES string of the molecule is Cc1ccc(N2CC(C(=O)Nc3nnc(SCC(=O)Nc4ccc(F)cc4)s3)CC2=O)cc1. The summed E-state index contributed by atoms with van der Waals surface area (Å²) in [6.07, 6.45) is 0.129. The third-order valence-corrected chi connectivity index (χ3v) is 6.90. The molecule has 33 heavy (non-hydrogen) atoms. The third kappa shape index (κ3) is 5.93. The van der Waals surface area contributed by atoms with Crippen molar-refractivity contribution in [2.45, 2.75) is 17.7 Å². The average molecular weight is 486 g/mol. The van der Waals surface area contributed by atoms with E-state index in [0.29, 0.717) is 21.7 Å². The Morgan fingerprint density at radius 2 is 1.85 bits per heavy atom. The second-order valence-electron chi connectivity index (χ2n) is 7.45. The van der Waals surface area contributed by atoms with Crippen molar-refractivity contribution in [3.63, 3.8) is 0 Å². The van der Waals surface area contributed by atoms with Gasteiger partial charge in [0.05, 0.1) is 11.7 Å². The van der Waals surface area contributed by atoms with Crippen molar-refractivity contribution in [1.29, 1.82) is 0 Å². The van der Waals surface area contributed by atoms with Crippen molar-refractivity contribution >= 4 is 57.3 Å². The molecule has 2 N–H and O–H groups in total. The largest absolute Gasteiger partial charge is 0.325 e. The molecule has 8 nitrogen and oxygen atoms in total. The molecule has 4 rings (SSSR count). The lowest BCUT2D eigenvalue weighted by Gasteiger charge is -2.16. The molecule has 2 aromatic carbocycles. The molecular formula is C22H20FN5O3S2. The van der Waals surface area contributed by atoms with E-state index in [0.717, 1.165) is 22.6 Å². The summed E-state index contributed by atoms with van der Waals surface area (Å²) in [6.45, 7) is 2.27. The van der Waals surface area contributed by atoms with E-state index in [9.17, 15) is 18.8 Å². The summed E-state index contributed by atoms with van der Waals surface area (Å²) >= 11 is 2.33. The predicted octanol–water partition coefficient (Wildman–Crippen LogP) is 3.71. The lowest BCUT2D eigenvalue weighted by molar-refractivity contribution is -0.122. The number of nitrogens with zero attached hydrogens (tertiary/aromatic N) is 3. The monoisotopic (exact) mass is 485 g/mol. The first-order valence-electron chi connectivity index (χ1n) is 10.1. The third-order valence-electron chi connectivity index (χ3n) is 4.93. The van der Waals surface area contributed by atoms with E-state index in [4.69, 9.17) is 0 Å². The van der Waals surface area contributed by atoms with Crippen LogP contribution in [-0.2, 0) is 14.4 Å². The highest BCUT2D eigenvalue weighted by Gasteiger charge is 2.35. The highest BCUT2D eigenvalue weighted by molar-refractivity contribution is 8.01. The molecule has 3 amide bonds. The van der Waals surface area contributed by atoms with Crippen LogP contribution in [0.25, 0.3) is 0 Å². The van der Waals surface area contributed by atoms with Crippen molar-refractivity contribution < 1.29 is 18.8 Å². The molecule has 11 heteroatoms. The van der Waals surface area contributed by atoms with Crippen LogP contribution < -0.4 is 15.5 Å². The number of hydrogen-bond acceptors (Lipinski definition) is 7. The molecule has 0 bridgehead atoms. The van der Waals surface area contributed by atoms with Crippen molar-refractivity contribution in [3.05, 3.63) is 59.9 Å². The molecule has 1 unspecified atom stereocenters. The molecule has 1 atom stereocenters. The number of nitrogens with one attached hydrogen (secondary N) is 2. The van der Waals surface area contributed by atoms with E-state index >= 15 is 0 Å². The van der Waals surface area contributed by atoms with Crippen LogP contribution in [0.2, 0.25) is 0 Å². The van der Waals surface area contributed by atoms with Gasteiger partial charge in [0.15, 0.2) is 4.34 Å². The van der Waals surface area contributed by atoms with Gasteiger partial charge in [-0.3, -0.25) is 14.4 Å². The Balaban J connectivity index is 1.27. The van der Waals surface area contributed by atoms with Gasteiger partial charge in [-0.2, -0.15) is 0 Å². The first kappa shape index (κ1) is 22.9. The number of anilines is 3. The lowest BCUT2D eigenvalue weighted by atomic mass is 10.1. The number of aryl methyl sites for hydroxylation is 1. The number of aromatic nitrogens is 2. The molecule has 0 radical (unpaired) electrons. The zero-order chi connectivity index (χ0) is 23.4. The topological polar surface area (TPSA) is 104 Å². The maximum Gasteiger partial charge on any atom is 0.234 e. The first-order valence-corrected chi connectivity index (χ1v) is 11.9. The van der Waals surface area contributed by atoms with Crippen LogP contribution >= 0.6 is 23.1 Å². The Bertz CT molecular complexity index is 1170. The molecule has 0 saturated carbocycles. The number of halogens is 1. The van der Waals surface area contributed by atoms with E-state index in [1.807, 2.05) is 31.2 Å². The van der Waals surface area contributed by atoms with E-state index < -0.39 is 5.92 Å². The number of hydrogen-bond donors (Lipinski definition) is 2. The van der Waals surface area contributed by atoms with E-state index in [-0.39, 0.29) is 35.7 Å². The molecule has 1 aliphatic heterocycles. The average Bonchev–Trinajstić information content (AvgIpc) is 3.41. The standard InChI is InChI=1S/C22H20FN5O3S2/c1-13-2-8-17(9-3-13)28-11-14(10-19(28)30)20(31)25-21-26-27-22(33-21)32-12-18(29)24-16-6-4-15(23)5-7-16/h2-9,14H,10-12H2,1H3,(H,24,29)(H,25,26,31). The van der Waals surface area contributed by atoms with Gasteiger partial charge in [-0.25, -0.2) is 4.39 Å². The summed E-state index contributed by atoms with van der Waals surface area (Å²) in [7, 11) is 0. The summed E-state index contributed by atoms with van der Waals surface area (Å²) in [4.78, 5) is 38.7. The molecule has 1 saturated heterocycles. The van der Waals surface area contributed by atoms with Crippen molar-refractivity contribution in [2.24, 2.45) is 5.92 Å². The Morgan fingerprint density at radius 1 is 1.12 bits per heavy atom. The van der Waals surface area contributed by atoms with Crippen LogP contribution in [-0.4, -0.2) is 40.2 Å². The van der Waals surface area contributed by atoms with E-state index in [2.05, 4.69) is 20.8 Å². The van der Waals surface area contributed by atoms with Gasteiger partial charge in [0.2, 0.25) is 22.9 Å². The second kappa shape index (κ2) is 10.1. The maximum absolute atomic E-state index is 12.9. The molecule has 0 spiro atoms.